The lowest BCUT2D eigenvalue weighted by Gasteiger charge is -2.32. The second-order valence-corrected chi connectivity index (χ2v) is 6.74. The predicted octanol–water partition coefficient (Wildman–Crippen LogP) is 4.58. The smallest absolute Gasteiger partial charge is 0.165 e. The Bertz CT molecular complexity index is 617. The Labute approximate surface area is 139 Å². The second-order valence-electron chi connectivity index (χ2n) is 6.74. The Hall–Kier alpha value is -2.00. The van der Waals surface area contributed by atoms with Gasteiger partial charge < -0.3 is 14.8 Å². The molecule has 2 rings (SSSR count). The van der Waals surface area contributed by atoms with Gasteiger partial charge in [0.15, 0.2) is 11.5 Å². The van der Waals surface area contributed by atoms with Crippen LogP contribution in [0.25, 0.3) is 0 Å². The van der Waals surface area contributed by atoms with Crippen LogP contribution in [0.2, 0.25) is 0 Å². The molecule has 0 amide bonds. The van der Waals surface area contributed by atoms with Crippen molar-refractivity contribution in [2.24, 2.45) is 5.41 Å². The first-order valence-electron chi connectivity index (χ1n) is 7.95. The van der Waals surface area contributed by atoms with Crippen molar-refractivity contribution in [3.05, 3.63) is 59.7 Å². The van der Waals surface area contributed by atoms with E-state index >= 15 is 0 Å². The molecule has 2 aromatic rings. The number of hydrogen-bond donors (Lipinski definition) is 1. The number of ether oxygens (including phenoxy) is 2. The Morgan fingerprint density at radius 1 is 0.913 bits per heavy atom. The summed E-state index contributed by atoms with van der Waals surface area (Å²) in [6.45, 7) is 7.47. The summed E-state index contributed by atoms with van der Waals surface area (Å²) >= 11 is 0. The molecule has 3 heteroatoms. The summed E-state index contributed by atoms with van der Waals surface area (Å²) < 4.78 is 10.9. The third-order valence-electron chi connectivity index (χ3n) is 3.98. The number of rotatable bonds is 6. The molecule has 2 aromatic carbocycles. The van der Waals surface area contributed by atoms with Crippen molar-refractivity contribution in [3.8, 4) is 11.5 Å². The van der Waals surface area contributed by atoms with E-state index in [1.54, 1.807) is 14.2 Å². The van der Waals surface area contributed by atoms with Gasteiger partial charge in [-0.15, -0.1) is 0 Å². The molecule has 124 valence electrons. The van der Waals surface area contributed by atoms with E-state index in [1.165, 1.54) is 5.56 Å². The van der Waals surface area contributed by atoms with Crippen molar-refractivity contribution >= 4 is 0 Å². The molecular weight excluding hydrogens is 286 g/mol. The highest BCUT2D eigenvalue weighted by atomic mass is 16.5. The average molecular weight is 313 g/mol. The van der Waals surface area contributed by atoms with Gasteiger partial charge in [0.1, 0.15) is 0 Å². The summed E-state index contributed by atoms with van der Waals surface area (Å²) in [5, 5.41) is 3.68. The fourth-order valence-electron chi connectivity index (χ4n) is 2.87. The van der Waals surface area contributed by atoms with Gasteiger partial charge in [-0.25, -0.2) is 0 Å². The predicted molar refractivity (Wildman–Crippen MR) is 95.0 cm³/mol. The maximum absolute atomic E-state index is 5.53. The van der Waals surface area contributed by atoms with Gasteiger partial charge in [-0.1, -0.05) is 63.2 Å². The van der Waals surface area contributed by atoms with E-state index < -0.39 is 0 Å². The van der Waals surface area contributed by atoms with Crippen LogP contribution in [0.5, 0.6) is 11.5 Å². The Balaban J connectivity index is 2.23. The van der Waals surface area contributed by atoms with Gasteiger partial charge in [0.25, 0.3) is 0 Å². The molecule has 0 bridgehead atoms. The molecule has 0 heterocycles. The van der Waals surface area contributed by atoms with Gasteiger partial charge in [-0.05, 0) is 17.0 Å². The highest BCUT2D eigenvalue weighted by Crippen LogP contribution is 2.35. The van der Waals surface area contributed by atoms with Gasteiger partial charge >= 0.3 is 0 Å². The molecule has 3 nitrogen and oxygen atoms in total. The zero-order valence-electron chi connectivity index (χ0n) is 14.7. The molecule has 0 unspecified atom stereocenters. The van der Waals surface area contributed by atoms with Crippen molar-refractivity contribution in [3.63, 3.8) is 0 Å². The van der Waals surface area contributed by atoms with Crippen LogP contribution in [0, 0.1) is 5.41 Å². The quantitative estimate of drug-likeness (QED) is 0.846. The fourth-order valence-corrected chi connectivity index (χ4v) is 2.87. The van der Waals surface area contributed by atoms with E-state index in [2.05, 4.69) is 56.4 Å². The molecule has 1 atom stereocenters. The molecule has 0 aliphatic carbocycles. The van der Waals surface area contributed by atoms with Crippen LogP contribution in [0.4, 0.5) is 0 Å². The van der Waals surface area contributed by atoms with Crippen LogP contribution in [-0.4, -0.2) is 14.2 Å². The maximum Gasteiger partial charge on any atom is 0.165 e. The van der Waals surface area contributed by atoms with Crippen molar-refractivity contribution in [1.29, 1.82) is 0 Å². The average Bonchev–Trinajstić information content (AvgIpc) is 2.54. The first kappa shape index (κ1) is 17.4. The molecule has 0 saturated carbocycles. The number of methoxy groups -OCH3 is 2. The lowest BCUT2D eigenvalue weighted by Crippen LogP contribution is -2.32. The molecule has 0 aliphatic rings. The standard InChI is InChI=1S/C20H27NO2/c1-20(2,3)19(15-10-7-6-8-11-15)21-14-16-12-9-13-17(22-4)18(16)23-5/h6-13,19,21H,14H2,1-5H3/t19-/m1/s1. The first-order chi connectivity index (χ1) is 11.0. The minimum Gasteiger partial charge on any atom is -0.493 e. The molecule has 0 radical (unpaired) electrons. The van der Waals surface area contributed by atoms with E-state index in [4.69, 9.17) is 9.47 Å². The van der Waals surface area contributed by atoms with Gasteiger partial charge in [0.05, 0.1) is 14.2 Å². The topological polar surface area (TPSA) is 30.5 Å². The van der Waals surface area contributed by atoms with Crippen LogP contribution in [0.3, 0.4) is 0 Å². The zero-order valence-corrected chi connectivity index (χ0v) is 14.7. The highest BCUT2D eigenvalue weighted by Gasteiger charge is 2.26. The van der Waals surface area contributed by atoms with Gasteiger partial charge in [-0.3, -0.25) is 0 Å². The van der Waals surface area contributed by atoms with Crippen LogP contribution in [-0.2, 0) is 6.54 Å². The molecule has 0 aromatic heterocycles. The van der Waals surface area contributed by atoms with E-state index in [1.807, 2.05) is 18.2 Å². The lowest BCUT2D eigenvalue weighted by molar-refractivity contribution is 0.269. The minimum absolute atomic E-state index is 0.105. The Morgan fingerprint density at radius 3 is 2.17 bits per heavy atom. The normalized spacial score (nSPS) is 12.7. The third-order valence-corrected chi connectivity index (χ3v) is 3.98. The lowest BCUT2D eigenvalue weighted by atomic mass is 9.82. The SMILES string of the molecule is COc1cccc(CN[C@H](c2ccccc2)C(C)(C)C)c1OC. The van der Waals surface area contributed by atoms with E-state index in [-0.39, 0.29) is 11.5 Å². The minimum atomic E-state index is 0.105. The van der Waals surface area contributed by atoms with Crippen molar-refractivity contribution in [2.75, 3.05) is 14.2 Å². The molecular formula is C20H27NO2. The van der Waals surface area contributed by atoms with E-state index in [0.29, 0.717) is 0 Å². The van der Waals surface area contributed by atoms with Crippen molar-refractivity contribution in [2.45, 2.75) is 33.4 Å². The number of nitrogens with one attached hydrogen (secondary N) is 1. The van der Waals surface area contributed by atoms with Gasteiger partial charge in [-0.2, -0.15) is 0 Å². The molecule has 0 saturated heterocycles. The van der Waals surface area contributed by atoms with E-state index in [0.717, 1.165) is 23.6 Å². The molecule has 0 aliphatic heterocycles. The molecule has 0 spiro atoms. The summed E-state index contributed by atoms with van der Waals surface area (Å²) in [4.78, 5) is 0. The van der Waals surface area contributed by atoms with Crippen molar-refractivity contribution < 1.29 is 9.47 Å². The summed E-state index contributed by atoms with van der Waals surface area (Å²) in [5.74, 6) is 1.56. The van der Waals surface area contributed by atoms with Gasteiger partial charge in [0.2, 0.25) is 0 Å². The highest BCUT2D eigenvalue weighted by molar-refractivity contribution is 5.46. The van der Waals surface area contributed by atoms with Crippen LogP contribution in [0.1, 0.15) is 37.9 Å². The van der Waals surface area contributed by atoms with Crippen LogP contribution in [0.15, 0.2) is 48.5 Å². The van der Waals surface area contributed by atoms with E-state index in [9.17, 15) is 0 Å². The Kier molecular flexibility index (Phi) is 5.67. The van der Waals surface area contributed by atoms with Gasteiger partial charge in [0, 0.05) is 18.2 Å². The fraction of sp³-hybridized carbons (Fsp3) is 0.400. The summed E-state index contributed by atoms with van der Waals surface area (Å²) in [7, 11) is 3.34. The van der Waals surface area contributed by atoms with Crippen molar-refractivity contribution in [1.82, 2.24) is 5.32 Å². The first-order valence-corrected chi connectivity index (χ1v) is 7.95. The number of para-hydroxylation sites is 1. The summed E-state index contributed by atoms with van der Waals surface area (Å²) in [5.41, 5.74) is 2.49. The summed E-state index contributed by atoms with van der Waals surface area (Å²) in [6.07, 6.45) is 0. The third kappa shape index (κ3) is 4.26. The monoisotopic (exact) mass is 313 g/mol. The largest absolute Gasteiger partial charge is 0.493 e. The molecule has 0 fully saturated rings. The number of benzene rings is 2. The van der Waals surface area contributed by atoms with Crippen LogP contribution >= 0.6 is 0 Å². The summed E-state index contributed by atoms with van der Waals surface area (Å²) in [6, 6.07) is 16.8. The molecule has 23 heavy (non-hydrogen) atoms. The Morgan fingerprint density at radius 2 is 1.61 bits per heavy atom. The maximum atomic E-state index is 5.53. The number of hydrogen-bond acceptors (Lipinski definition) is 3. The molecule has 1 N–H and O–H groups in total. The van der Waals surface area contributed by atoms with Crippen LogP contribution < -0.4 is 14.8 Å². The second kappa shape index (κ2) is 7.51. The zero-order chi connectivity index (χ0) is 16.9.